The topological polar surface area (TPSA) is 58.5 Å². The van der Waals surface area contributed by atoms with Crippen molar-refractivity contribution in [3.05, 3.63) is 58.6 Å². The molecule has 136 valence electrons. The Morgan fingerprint density at radius 3 is 2.84 bits per heavy atom. The number of aromatic nitrogens is 1. The third kappa shape index (κ3) is 7.43. The Kier molecular flexibility index (Phi) is 10.2. The van der Waals surface area contributed by atoms with Gasteiger partial charge in [-0.1, -0.05) is 30.9 Å². The van der Waals surface area contributed by atoms with Crippen LogP contribution >= 0.6 is 35.3 Å². The smallest absolute Gasteiger partial charge is 0.191 e. The van der Waals surface area contributed by atoms with Crippen LogP contribution in [0.2, 0.25) is 0 Å². The minimum atomic E-state index is 0. The summed E-state index contributed by atoms with van der Waals surface area (Å²) in [5.74, 6) is 1.63. The van der Waals surface area contributed by atoms with E-state index in [0.29, 0.717) is 13.2 Å². The molecule has 0 aliphatic carbocycles. The van der Waals surface area contributed by atoms with Crippen molar-refractivity contribution in [1.29, 1.82) is 0 Å². The molecule has 25 heavy (non-hydrogen) atoms. The van der Waals surface area contributed by atoms with Crippen LogP contribution < -0.4 is 15.4 Å². The third-order valence-corrected chi connectivity index (χ3v) is 4.27. The molecular formula is C18H25IN4OS. The van der Waals surface area contributed by atoms with Crippen molar-refractivity contribution in [1.82, 2.24) is 15.6 Å². The van der Waals surface area contributed by atoms with Crippen LogP contribution in [0.4, 0.5) is 0 Å². The molecule has 0 spiro atoms. The van der Waals surface area contributed by atoms with E-state index in [9.17, 15) is 0 Å². The molecule has 5 nitrogen and oxygen atoms in total. The van der Waals surface area contributed by atoms with Gasteiger partial charge in [0.1, 0.15) is 12.4 Å². The number of aryl methyl sites for hydroxylation is 1. The SMILES string of the molecule is C=CCOc1ccccc1CNC(=NC)NCCc1ncc(C)s1.I. The summed E-state index contributed by atoms with van der Waals surface area (Å²) in [5.41, 5.74) is 1.08. The Bertz CT molecular complexity index is 687. The second-order valence-corrected chi connectivity index (χ2v) is 6.49. The lowest BCUT2D eigenvalue weighted by Crippen LogP contribution is -2.37. The number of benzene rings is 1. The van der Waals surface area contributed by atoms with E-state index in [0.717, 1.165) is 35.2 Å². The van der Waals surface area contributed by atoms with Crippen molar-refractivity contribution in [3.63, 3.8) is 0 Å². The highest BCUT2D eigenvalue weighted by Crippen LogP contribution is 2.17. The fraction of sp³-hybridized carbons (Fsp3) is 0.333. The van der Waals surface area contributed by atoms with Gasteiger partial charge in [0.15, 0.2) is 5.96 Å². The largest absolute Gasteiger partial charge is 0.489 e. The summed E-state index contributed by atoms with van der Waals surface area (Å²) in [6, 6.07) is 7.96. The van der Waals surface area contributed by atoms with E-state index in [1.54, 1.807) is 24.5 Å². The molecule has 0 aliphatic heterocycles. The number of hydrogen-bond acceptors (Lipinski definition) is 4. The van der Waals surface area contributed by atoms with Crippen molar-refractivity contribution >= 4 is 41.3 Å². The molecule has 2 N–H and O–H groups in total. The number of aliphatic imine (C=N–C) groups is 1. The van der Waals surface area contributed by atoms with Crippen LogP contribution in [0.25, 0.3) is 0 Å². The van der Waals surface area contributed by atoms with Crippen LogP contribution in [0, 0.1) is 6.92 Å². The van der Waals surface area contributed by atoms with Gasteiger partial charge in [0.2, 0.25) is 0 Å². The first kappa shape index (κ1) is 21.4. The molecule has 0 saturated carbocycles. The Balaban J connectivity index is 0.00000312. The second kappa shape index (κ2) is 11.9. The number of para-hydroxylation sites is 1. The lowest BCUT2D eigenvalue weighted by atomic mass is 10.2. The van der Waals surface area contributed by atoms with E-state index in [1.807, 2.05) is 30.5 Å². The molecule has 1 aromatic heterocycles. The maximum Gasteiger partial charge on any atom is 0.191 e. The molecule has 0 bridgehead atoms. The van der Waals surface area contributed by atoms with E-state index in [2.05, 4.69) is 34.1 Å². The normalized spacial score (nSPS) is 10.7. The average Bonchev–Trinajstić information content (AvgIpc) is 3.02. The molecule has 0 atom stereocenters. The zero-order chi connectivity index (χ0) is 17.2. The van der Waals surface area contributed by atoms with Crippen LogP contribution in [0.15, 0.2) is 48.1 Å². The lowest BCUT2D eigenvalue weighted by molar-refractivity contribution is 0.358. The molecule has 1 aromatic carbocycles. The summed E-state index contributed by atoms with van der Waals surface area (Å²) in [6.07, 6.45) is 4.54. The van der Waals surface area contributed by atoms with E-state index in [4.69, 9.17) is 4.74 Å². The Labute approximate surface area is 170 Å². The highest BCUT2D eigenvalue weighted by atomic mass is 127. The molecule has 0 radical (unpaired) electrons. The van der Waals surface area contributed by atoms with Gasteiger partial charge < -0.3 is 15.4 Å². The number of guanidine groups is 1. The highest BCUT2D eigenvalue weighted by Gasteiger charge is 2.05. The Morgan fingerprint density at radius 2 is 2.16 bits per heavy atom. The monoisotopic (exact) mass is 472 g/mol. The van der Waals surface area contributed by atoms with Crippen LogP contribution in [0.1, 0.15) is 15.4 Å². The van der Waals surface area contributed by atoms with Crippen molar-refractivity contribution in [2.75, 3.05) is 20.2 Å². The number of nitrogens with one attached hydrogen (secondary N) is 2. The molecule has 0 amide bonds. The average molecular weight is 472 g/mol. The van der Waals surface area contributed by atoms with Crippen LogP contribution in [-0.2, 0) is 13.0 Å². The highest BCUT2D eigenvalue weighted by molar-refractivity contribution is 14.0. The number of halogens is 1. The minimum Gasteiger partial charge on any atom is -0.489 e. The summed E-state index contributed by atoms with van der Waals surface area (Å²) in [7, 11) is 1.77. The van der Waals surface area contributed by atoms with Crippen molar-refractivity contribution in [2.24, 2.45) is 4.99 Å². The van der Waals surface area contributed by atoms with Gasteiger partial charge in [-0.05, 0) is 13.0 Å². The summed E-state index contributed by atoms with van der Waals surface area (Å²) < 4.78 is 5.67. The predicted molar refractivity (Wildman–Crippen MR) is 116 cm³/mol. The molecule has 1 heterocycles. The van der Waals surface area contributed by atoms with E-state index in [1.165, 1.54) is 4.88 Å². The van der Waals surface area contributed by atoms with E-state index >= 15 is 0 Å². The number of nitrogens with zero attached hydrogens (tertiary/aromatic N) is 2. The molecule has 0 aliphatic rings. The molecule has 7 heteroatoms. The second-order valence-electron chi connectivity index (χ2n) is 5.17. The zero-order valence-corrected chi connectivity index (χ0v) is 17.8. The lowest BCUT2D eigenvalue weighted by Gasteiger charge is -2.14. The minimum absolute atomic E-state index is 0. The van der Waals surface area contributed by atoms with Crippen molar-refractivity contribution in [2.45, 2.75) is 19.9 Å². The van der Waals surface area contributed by atoms with Crippen LogP contribution in [0.3, 0.4) is 0 Å². The van der Waals surface area contributed by atoms with Gasteiger partial charge in [-0.15, -0.1) is 35.3 Å². The first-order valence-electron chi connectivity index (χ1n) is 7.90. The summed E-state index contributed by atoms with van der Waals surface area (Å²) >= 11 is 1.73. The fourth-order valence-electron chi connectivity index (χ4n) is 2.14. The van der Waals surface area contributed by atoms with E-state index < -0.39 is 0 Å². The molecule has 0 unspecified atom stereocenters. The standard InChI is InChI=1S/C18H24N4OS.HI/c1-4-11-23-16-8-6-5-7-15(16)13-22-18(19-3)20-10-9-17-21-12-14(2)24-17;/h4-8,12H,1,9-11,13H2,2-3H3,(H2,19,20,22);1H. The number of ether oxygens (including phenoxy) is 1. The molecule has 2 rings (SSSR count). The Hall–Kier alpha value is -1.61. The molecule has 0 saturated heterocycles. The maximum absolute atomic E-state index is 5.67. The number of hydrogen-bond donors (Lipinski definition) is 2. The first-order chi connectivity index (χ1) is 11.7. The summed E-state index contributed by atoms with van der Waals surface area (Å²) in [5, 5.41) is 7.76. The number of rotatable bonds is 8. The van der Waals surface area contributed by atoms with Crippen LogP contribution in [-0.4, -0.2) is 31.1 Å². The third-order valence-electron chi connectivity index (χ3n) is 3.30. The maximum atomic E-state index is 5.67. The van der Waals surface area contributed by atoms with Crippen molar-refractivity contribution < 1.29 is 4.74 Å². The number of thiazole rings is 1. The summed E-state index contributed by atoms with van der Waals surface area (Å²) in [4.78, 5) is 9.86. The quantitative estimate of drug-likeness (QED) is 0.267. The van der Waals surface area contributed by atoms with E-state index in [-0.39, 0.29) is 24.0 Å². The van der Waals surface area contributed by atoms with Crippen LogP contribution in [0.5, 0.6) is 5.75 Å². The Morgan fingerprint density at radius 1 is 1.36 bits per heavy atom. The predicted octanol–water partition coefficient (Wildman–Crippen LogP) is 3.54. The molecule has 2 aromatic rings. The van der Waals surface area contributed by atoms with Gasteiger partial charge in [0, 0.05) is 43.2 Å². The zero-order valence-electron chi connectivity index (χ0n) is 14.6. The van der Waals surface area contributed by atoms with Gasteiger partial charge in [-0.2, -0.15) is 0 Å². The van der Waals surface area contributed by atoms with Gasteiger partial charge in [0.05, 0.1) is 5.01 Å². The summed E-state index contributed by atoms with van der Waals surface area (Å²) in [6.45, 7) is 7.68. The molecule has 0 fully saturated rings. The fourth-order valence-corrected chi connectivity index (χ4v) is 2.93. The first-order valence-corrected chi connectivity index (χ1v) is 8.72. The van der Waals surface area contributed by atoms with Gasteiger partial charge in [0.25, 0.3) is 0 Å². The van der Waals surface area contributed by atoms with Gasteiger partial charge >= 0.3 is 0 Å². The van der Waals surface area contributed by atoms with Crippen molar-refractivity contribution in [3.8, 4) is 5.75 Å². The molecular weight excluding hydrogens is 447 g/mol. The van der Waals surface area contributed by atoms with Gasteiger partial charge in [-0.25, -0.2) is 4.98 Å². The van der Waals surface area contributed by atoms with Gasteiger partial charge in [-0.3, -0.25) is 4.99 Å².